The van der Waals surface area contributed by atoms with E-state index in [-0.39, 0.29) is 177 Å². The molecule has 18 N–H and O–H groups in total. The number of oxime groups is 1. The first kappa shape index (κ1) is 110. The van der Waals surface area contributed by atoms with Crippen LogP contribution in [-0.4, -0.2) is 356 Å². The number of halogens is 1. The molecule has 2 aromatic carbocycles. The fraction of sp³-hybridized carbons (Fsp3) is 0.628. The van der Waals surface area contributed by atoms with Crippen LogP contribution in [-0.2, 0) is 131 Å². The molecule has 4 rings (SSSR count). The number of Topliss-reactive ketones (excluding diaryl/α,β-unsaturated/α-hetero) is 1. The zero-order valence-electron chi connectivity index (χ0n) is 71.1. The van der Waals surface area contributed by atoms with Crippen LogP contribution in [0.1, 0.15) is 69.9 Å². The molecule has 0 aliphatic carbocycles. The van der Waals surface area contributed by atoms with E-state index in [0.717, 1.165) is 39.8 Å². The van der Waals surface area contributed by atoms with Gasteiger partial charge < -0.3 is 138 Å². The number of nitrogens with two attached hydrogens (primary N) is 2. The first-order valence-electron chi connectivity index (χ1n) is 40.7. The quantitative estimate of drug-likeness (QED) is 0.00971. The average Bonchev–Trinajstić information content (AvgIpc) is 1.14. The lowest BCUT2D eigenvalue weighted by Gasteiger charge is -2.27. The monoisotopic (exact) mass is 1840 g/mol. The van der Waals surface area contributed by atoms with Gasteiger partial charge in [0.25, 0.3) is 5.91 Å². The number of carbonyl (C=O) groups is 15. The first-order valence-corrected chi connectivity index (χ1v) is 44.4. The summed E-state index contributed by atoms with van der Waals surface area (Å²) in [4.78, 5) is 207. The van der Waals surface area contributed by atoms with E-state index < -0.39 is 145 Å². The van der Waals surface area contributed by atoms with Crippen molar-refractivity contribution in [1.29, 1.82) is 0 Å². The lowest BCUT2D eigenvalue weighted by molar-refractivity contribution is -0.141. The van der Waals surface area contributed by atoms with E-state index >= 15 is 0 Å². The molecule has 126 heavy (non-hydrogen) atoms. The summed E-state index contributed by atoms with van der Waals surface area (Å²) in [5, 5.41) is 47.2. The summed E-state index contributed by atoms with van der Waals surface area (Å²) in [6.45, 7) is 6.57. The average molecular weight is 1850 g/mol. The van der Waals surface area contributed by atoms with Gasteiger partial charge in [0.05, 0.1) is 117 Å². The third-order valence-corrected chi connectivity index (χ3v) is 20.1. The lowest BCUT2D eigenvalue weighted by atomic mass is 10.0. The van der Waals surface area contributed by atoms with Crippen molar-refractivity contribution in [2.45, 2.75) is 108 Å². The van der Waals surface area contributed by atoms with Crippen molar-refractivity contribution >= 4 is 134 Å². The number of aliphatic imine (C=N–C) groups is 1. The lowest BCUT2D eigenvalue weighted by Crippen LogP contribution is -2.60. The van der Waals surface area contributed by atoms with Gasteiger partial charge in [-0.1, -0.05) is 76.1 Å². The molecule has 2 aromatic rings. The number of carbonyl (C=O) groups excluding carboxylic acids is 14. The summed E-state index contributed by atoms with van der Waals surface area (Å²) < 4.78 is 66.2. The van der Waals surface area contributed by atoms with E-state index in [9.17, 15) is 81.4 Å². The summed E-state index contributed by atoms with van der Waals surface area (Å²) in [6, 6.07) is 3.47. The molecule has 0 saturated carbocycles. The maximum atomic E-state index is 14.6. The molecule has 0 spiro atoms. The van der Waals surface area contributed by atoms with Crippen LogP contribution >= 0.6 is 33.3 Å². The van der Waals surface area contributed by atoms with Gasteiger partial charge >= 0.3 is 5.97 Å². The Hall–Kier alpha value is -9.99. The second-order valence-corrected chi connectivity index (χ2v) is 30.9. The fourth-order valence-electron chi connectivity index (χ4n) is 10.5. The molecule has 2 heterocycles. The Labute approximate surface area is 742 Å². The molecule has 0 radical (unpaired) electrons. The number of rotatable bonds is 55. The summed E-state index contributed by atoms with van der Waals surface area (Å²) in [7, 11) is 3.37. The number of fused-ring (bicyclic) bond motifs is 5. The Balaban J connectivity index is 0.00000289. The third-order valence-electron chi connectivity index (χ3n) is 16.7. The van der Waals surface area contributed by atoms with Gasteiger partial charge in [-0.25, -0.2) is 4.39 Å². The van der Waals surface area contributed by atoms with Crippen LogP contribution in [0.2, 0.25) is 0 Å². The second-order valence-electron chi connectivity index (χ2n) is 27.3. The van der Waals surface area contributed by atoms with Gasteiger partial charge in [-0.3, -0.25) is 76.9 Å². The van der Waals surface area contributed by atoms with Gasteiger partial charge in [0.15, 0.2) is 18.3 Å². The Morgan fingerprint density at radius 3 is 1.52 bits per heavy atom. The topological polar surface area (TPSA) is 611 Å². The van der Waals surface area contributed by atoms with Gasteiger partial charge in [0.1, 0.15) is 74.5 Å². The fourth-order valence-corrected chi connectivity index (χ4v) is 13.7. The van der Waals surface area contributed by atoms with Gasteiger partial charge in [0.2, 0.25) is 70.9 Å². The van der Waals surface area contributed by atoms with Crippen molar-refractivity contribution in [3.8, 4) is 0 Å². The molecule has 7 atom stereocenters. The van der Waals surface area contributed by atoms with Crippen molar-refractivity contribution in [2.24, 2.45) is 21.6 Å². The highest BCUT2D eigenvalue weighted by Gasteiger charge is 2.36. The molecule has 2 saturated heterocycles. The predicted molar refractivity (Wildman–Crippen MR) is 460 cm³/mol. The largest absolute Gasteiger partial charge is 0.481 e. The zero-order chi connectivity index (χ0) is 92.2. The number of ketones is 1. The van der Waals surface area contributed by atoms with Crippen LogP contribution in [0.25, 0.3) is 0 Å². The van der Waals surface area contributed by atoms with Gasteiger partial charge in [0, 0.05) is 76.7 Å². The number of aliphatic carboxylic acids is 1. The van der Waals surface area contributed by atoms with Crippen LogP contribution < -0.4 is 80.6 Å². The minimum absolute atomic E-state index is 0.00551. The van der Waals surface area contributed by atoms with Crippen molar-refractivity contribution in [3.05, 3.63) is 71.5 Å². The minimum atomic E-state index is -1.83. The van der Waals surface area contributed by atoms with E-state index in [4.69, 9.17) is 63.7 Å². The summed E-state index contributed by atoms with van der Waals surface area (Å²) in [5.74, 6) is -13.5. The number of carboxylic acid groups (broad SMARTS) is 1. The number of ether oxygens (including phenoxy) is 10. The number of thioether (sulfide) groups is 1. The molecule has 2 fully saturated rings. The number of hydrogen-bond acceptors (Lipinski definition) is 31. The van der Waals surface area contributed by atoms with Gasteiger partial charge in [-0.05, 0) is 68.7 Å². The van der Waals surface area contributed by atoms with E-state index in [1.807, 2.05) is 6.92 Å². The third kappa shape index (κ3) is 56.2. The molecular weight excluding hydrogens is 1720 g/mol. The highest BCUT2D eigenvalue weighted by Crippen LogP contribution is 2.24. The Bertz CT molecular complexity index is 3670. The van der Waals surface area contributed by atoms with Crippen molar-refractivity contribution in [2.75, 3.05) is 208 Å². The van der Waals surface area contributed by atoms with Crippen molar-refractivity contribution in [1.82, 2.24) is 69.1 Å². The smallest absolute Gasteiger partial charge is 0.305 e. The summed E-state index contributed by atoms with van der Waals surface area (Å²) in [6.07, 6.45) is 1.29. The number of benzene rings is 2. The standard InChI is InChI=1S/C70H107FN16O23S3.C8H15NO4/c1-2-22-102-26-27-105-25-21-77-64(96)54-43-111-46-61(92)81-51(11-6-7-17-74-58(89)40-109-41-59(90)75-19-23-103-28-30-106-32-34-108-35-33-107-31-29-104-24-20-76-60(91)42-110-80-38-48-13-15-49(71)16-14-48)65(97)86-55-44-112-113-45-56(69(101)84-52(66(98)85-54)36-47-9-4-3-5-10-47)87-67(99)53(37-62(93)94)82-57(88)39-79-63(95)50(83-68(55)100)12-8-18-78-70(72)73;1-7(10)5-13-6-8(11)9-3-4-12-2/h3-5,9-10,13-16,38,50-56H,2,6-8,11-12,17-37,39-46H2,1H3,(H,74,89)(H,75,90)(H,76,91)(H,77,96)(H,79,95)(H,81,92)(H,82,88)(H,83,100)(H,84,101)(H,85,98)(H,86,97)(H,87,99)(H,93,94)(H4,72,73,78);3-6H2,1-2H3,(H,9,11)/b80-38+;/t50-,51-,52-,53-,54-,55-,56-;/m0./s1. The van der Waals surface area contributed by atoms with Crippen molar-refractivity contribution < 1.29 is 134 Å². The normalized spacial score (nSPS) is 18.2. The number of amides is 13. The van der Waals surface area contributed by atoms with Crippen LogP contribution in [0.4, 0.5) is 4.39 Å². The maximum Gasteiger partial charge on any atom is 0.305 e. The SMILES string of the molecule is CCCOCCOCCNC(=O)[C@@H]1CSCC(=O)N[C@@H](CCCCNC(=O)COCC(=O)NCCOCCOCCOCCOCCOCCNC(=O)CO/N=C/c2ccc(F)cc2)C(=O)N[C@H]2CSSC[C@H](NC(=O)[C@H](CC(=O)O)NC(=O)CNC(=O)[C@H](CCCN=C(N)N)NC2=O)C(=O)N[C@@H](Cc2ccccc2)C(=O)N1.COCCNC(=O)COCC(C)=O. The Kier molecular flexibility index (Phi) is 61.3. The molecule has 0 aromatic heterocycles. The number of guanidine groups is 1. The van der Waals surface area contributed by atoms with E-state index in [2.05, 4.69) is 79.3 Å². The molecule has 0 unspecified atom stereocenters. The molecule has 2 aliphatic heterocycles. The number of nitrogens with one attached hydrogen (secondary N) is 13. The van der Waals surface area contributed by atoms with Gasteiger partial charge in [-0.15, -0.1) is 11.8 Å². The van der Waals surface area contributed by atoms with Crippen LogP contribution in [0, 0.1) is 5.82 Å². The molecule has 13 amide bonds. The number of hydrogen-bond donors (Lipinski definition) is 16. The molecule has 48 heteroatoms. The number of unbranched alkanes of at least 4 members (excludes halogenated alkanes) is 1. The molecule has 2 aliphatic rings. The van der Waals surface area contributed by atoms with Crippen LogP contribution in [0.15, 0.2) is 64.7 Å². The van der Waals surface area contributed by atoms with E-state index in [1.165, 1.54) is 37.4 Å². The number of carboxylic acids is 1. The van der Waals surface area contributed by atoms with Gasteiger partial charge in [-0.2, -0.15) is 0 Å². The van der Waals surface area contributed by atoms with E-state index in [0.29, 0.717) is 77.1 Å². The highest BCUT2D eigenvalue weighted by molar-refractivity contribution is 8.76. The molecule has 706 valence electrons. The number of methoxy groups -OCH3 is 1. The summed E-state index contributed by atoms with van der Waals surface area (Å²) >= 11 is 0.902. The summed E-state index contributed by atoms with van der Waals surface area (Å²) in [5.41, 5.74) is 12.2. The number of nitrogens with zero attached hydrogens (tertiary/aromatic N) is 2. The Morgan fingerprint density at radius 1 is 0.500 bits per heavy atom. The second kappa shape index (κ2) is 70.1. The molecule has 2 bridgehead atoms. The highest BCUT2D eigenvalue weighted by atomic mass is 33.1. The van der Waals surface area contributed by atoms with E-state index in [1.54, 1.807) is 37.4 Å². The maximum absolute atomic E-state index is 14.6. The molecule has 44 nitrogen and oxygen atoms in total. The first-order chi connectivity index (χ1) is 60.8. The van der Waals surface area contributed by atoms with Crippen LogP contribution in [0.3, 0.4) is 0 Å². The minimum Gasteiger partial charge on any atom is -0.481 e. The zero-order valence-corrected chi connectivity index (χ0v) is 73.6. The van der Waals surface area contributed by atoms with Crippen molar-refractivity contribution in [3.63, 3.8) is 0 Å². The predicted octanol–water partition coefficient (Wildman–Crippen LogP) is -4.87. The van der Waals surface area contributed by atoms with Crippen LogP contribution in [0.5, 0.6) is 0 Å². The molecular formula is C78H122FN17O27S3. The Morgan fingerprint density at radius 2 is 0.976 bits per heavy atom.